The number of aromatic nitrogens is 1. The Morgan fingerprint density at radius 1 is 1.14 bits per heavy atom. The van der Waals surface area contributed by atoms with E-state index < -0.39 is 0 Å². The second-order valence-electron chi connectivity index (χ2n) is 4.95. The zero-order chi connectivity index (χ0) is 15.1. The van der Waals surface area contributed by atoms with Gasteiger partial charge < -0.3 is 14.8 Å². The molecule has 0 bridgehead atoms. The van der Waals surface area contributed by atoms with Crippen LogP contribution in [0.15, 0.2) is 42.6 Å². The summed E-state index contributed by atoms with van der Waals surface area (Å²) in [5, 5.41) is 3.32. The molecular weight excluding hydrogens is 264 g/mol. The van der Waals surface area contributed by atoms with Crippen LogP contribution in [-0.4, -0.2) is 24.2 Å². The molecule has 0 fully saturated rings. The summed E-state index contributed by atoms with van der Waals surface area (Å²) in [7, 11) is 0. The SMILES string of the molecule is CCOc1cccnc1NC(C)COc1ccc(C)cc1. The van der Waals surface area contributed by atoms with E-state index in [1.807, 2.05) is 43.3 Å². The molecule has 0 spiro atoms. The van der Waals surface area contributed by atoms with Crippen molar-refractivity contribution in [2.24, 2.45) is 0 Å². The van der Waals surface area contributed by atoms with Crippen molar-refractivity contribution in [2.45, 2.75) is 26.8 Å². The number of nitrogens with one attached hydrogen (secondary N) is 1. The first-order chi connectivity index (χ1) is 10.2. The van der Waals surface area contributed by atoms with Gasteiger partial charge in [0.15, 0.2) is 11.6 Å². The number of aryl methyl sites for hydroxylation is 1. The van der Waals surface area contributed by atoms with Gasteiger partial charge in [0.25, 0.3) is 0 Å². The number of rotatable bonds is 7. The molecule has 0 radical (unpaired) electrons. The Balaban J connectivity index is 1.89. The fraction of sp³-hybridized carbons (Fsp3) is 0.353. The highest BCUT2D eigenvalue weighted by molar-refractivity contribution is 5.50. The Morgan fingerprint density at radius 3 is 2.62 bits per heavy atom. The maximum atomic E-state index is 5.76. The predicted octanol–water partition coefficient (Wildman–Crippen LogP) is 3.67. The van der Waals surface area contributed by atoms with E-state index in [9.17, 15) is 0 Å². The average Bonchev–Trinajstić information content (AvgIpc) is 2.49. The number of ether oxygens (including phenoxy) is 2. The summed E-state index contributed by atoms with van der Waals surface area (Å²) in [6.07, 6.45) is 1.75. The van der Waals surface area contributed by atoms with E-state index >= 15 is 0 Å². The normalized spacial score (nSPS) is 11.8. The number of benzene rings is 1. The lowest BCUT2D eigenvalue weighted by Gasteiger charge is -2.17. The molecule has 4 nitrogen and oxygen atoms in total. The summed E-state index contributed by atoms with van der Waals surface area (Å²) in [5.74, 6) is 2.39. The van der Waals surface area contributed by atoms with Gasteiger partial charge in [-0.25, -0.2) is 4.98 Å². The van der Waals surface area contributed by atoms with Crippen LogP contribution >= 0.6 is 0 Å². The Kier molecular flexibility index (Phi) is 5.43. The van der Waals surface area contributed by atoms with Crippen LogP contribution in [0.1, 0.15) is 19.4 Å². The van der Waals surface area contributed by atoms with Gasteiger partial charge in [-0.05, 0) is 45.0 Å². The van der Waals surface area contributed by atoms with Crippen LogP contribution in [-0.2, 0) is 0 Å². The molecule has 1 aromatic heterocycles. The minimum absolute atomic E-state index is 0.125. The standard InChI is InChI=1S/C17H22N2O2/c1-4-20-16-6-5-11-18-17(16)19-14(3)12-21-15-9-7-13(2)8-10-15/h5-11,14H,4,12H2,1-3H3,(H,18,19). The number of anilines is 1. The number of hydrogen-bond acceptors (Lipinski definition) is 4. The molecule has 0 saturated heterocycles. The van der Waals surface area contributed by atoms with E-state index in [-0.39, 0.29) is 6.04 Å². The summed E-state index contributed by atoms with van der Waals surface area (Å²) in [4.78, 5) is 4.31. The molecule has 2 rings (SSSR count). The second-order valence-corrected chi connectivity index (χ2v) is 4.95. The minimum Gasteiger partial charge on any atom is -0.491 e. The molecule has 2 aromatic rings. The highest BCUT2D eigenvalue weighted by Gasteiger charge is 2.08. The molecular formula is C17H22N2O2. The van der Waals surface area contributed by atoms with Gasteiger partial charge in [-0.2, -0.15) is 0 Å². The van der Waals surface area contributed by atoms with Gasteiger partial charge in [0.1, 0.15) is 12.4 Å². The van der Waals surface area contributed by atoms with Crippen LogP contribution in [0, 0.1) is 6.92 Å². The van der Waals surface area contributed by atoms with Crippen LogP contribution < -0.4 is 14.8 Å². The summed E-state index contributed by atoms with van der Waals surface area (Å²) < 4.78 is 11.3. The van der Waals surface area contributed by atoms with E-state index in [2.05, 4.69) is 24.1 Å². The van der Waals surface area contributed by atoms with E-state index in [4.69, 9.17) is 9.47 Å². The third-order valence-corrected chi connectivity index (χ3v) is 2.97. The Morgan fingerprint density at radius 2 is 1.90 bits per heavy atom. The third-order valence-electron chi connectivity index (χ3n) is 2.97. The smallest absolute Gasteiger partial charge is 0.169 e. The highest BCUT2D eigenvalue weighted by Crippen LogP contribution is 2.21. The Bertz CT molecular complexity index is 555. The van der Waals surface area contributed by atoms with Crippen LogP contribution in [0.4, 0.5) is 5.82 Å². The van der Waals surface area contributed by atoms with Gasteiger partial charge in [0.2, 0.25) is 0 Å². The Labute approximate surface area is 126 Å². The van der Waals surface area contributed by atoms with Crippen molar-refractivity contribution < 1.29 is 9.47 Å². The molecule has 1 heterocycles. The van der Waals surface area contributed by atoms with Gasteiger partial charge in [0, 0.05) is 6.20 Å². The van der Waals surface area contributed by atoms with Crippen molar-refractivity contribution in [3.63, 3.8) is 0 Å². The maximum absolute atomic E-state index is 5.76. The zero-order valence-electron chi connectivity index (χ0n) is 12.8. The monoisotopic (exact) mass is 286 g/mol. The summed E-state index contributed by atoms with van der Waals surface area (Å²) in [5.41, 5.74) is 1.23. The molecule has 0 saturated carbocycles. The number of nitrogens with zero attached hydrogens (tertiary/aromatic N) is 1. The van der Waals surface area contributed by atoms with Crippen LogP contribution in [0.25, 0.3) is 0 Å². The van der Waals surface area contributed by atoms with E-state index in [1.54, 1.807) is 6.20 Å². The molecule has 0 aliphatic carbocycles. The molecule has 4 heteroatoms. The predicted molar refractivity (Wildman–Crippen MR) is 85.2 cm³/mol. The molecule has 1 aromatic carbocycles. The molecule has 0 amide bonds. The quantitative estimate of drug-likeness (QED) is 0.843. The van der Waals surface area contributed by atoms with Crippen LogP contribution in [0.5, 0.6) is 11.5 Å². The molecule has 0 aliphatic heterocycles. The molecule has 1 unspecified atom stereocenters. The van der Waals surface area contributed by atoms with Crippen LogP contribution in [0.2, 0.25) is 0 Å². The first-order valence-corrected chi connectivity index (χ1v) is 7.23. The molecule has 21 heavy (non-hydrogen) atoms. The first-order valence-electron chi connectivity index (χ1n) is 7.23. The molecule has 1 atom stereocenters. The number of hydrogen-bond donors (Lipinski definition) is 1. The fourth-order valence-electron chi connectivity index (χ4n) is 1.90. The van der Waals surface area contributed by atoms with Crippen molar-refractivity contribution in [1.82, 2.24) is 4.98 Å². The van der Waals surface area contributed by atoms with Gasteiger partial charge in [-0.15, -0.1) is 0 Å². The summed E-state index contributed by atoms with van der Waals surface area (Å²) in [6.45, 7) is 7.25. The Hall–Kier alpha value is -2.23. The largest absolute Gasteiger partial charge is 0.491 e. The van der Waals surface area contributed by atoms with Gasteiger partial charge in [0.05, 0.1) is 12.6 Å². The van der Waals surface area contributed by atoms with Crippen LogP contribution in [0.3, 0.4) is 0 Å². The van der Waals surface area contributed by atoms with Crippen molar-refractivity contribution in [2.75, 3.05) is 18.5 Å². The van der Waals surface area contributed by atoms with Crippen molar-refractivity contribution in [3.8, 4) is 11.5 Å². The van der Waals surface area contributed by atoms with E-state index in [1.165, 1.54) is 5.56 Å². The lowest BCUT2D eigenvalue weighted by molar-refractivity contribution is 0.302. The average molecular weight is 286 g/mol. The zero-order valence-corrected chi connectivity index (χ0v) is 12.8. The third kappa shape index (κ3) is 4.67. The number of pyridine rings is 1. The van der Waals surface area contributed by atoms with Crippen molar-refractivity contribution in [3.05, 3.63) is 48.2 Å². The lowest BCUT2D eigenvalue weighted by atomic mass is 10.2. The van der Waals surface area contributed by atoms with E-state index in [0.29, 0.717) is 13.2 Å². The van der Waals surface area contributed by atoms with Gasteiger partial charge >= 0.3 is 0 Å². The first kappa shape index (κ1) is 15.2. The fourth-order valence-corrected chi connectivity index (χ4v) is 1.90. The minimum atomic E-state index is 0.125. The highest BCUT2D eigenvalue weighted by atomic mass is 16.5. The van der Waals surface area contributed by atoms with E-state index in [0.717, 1.165) is 17.3 Å². The lowest BCUT2D eigenvalue weighted by Crippen LogP contribution is -2.24. The molecule has 112 valence electrons. The second kappa shape index (κ2) is 7.53. The maximum Gasteiger partial charge on any atom is 0.169 e. The van der Waals surface area contributed by atoms with Gasteiger partial charge in [-0.3, -0.25) is 0 Å². The summed E-state index contributed by atoms with van der Waals surface area (Å²) >= 11 is 0. The molecule has 0 aliphatic rings. The van der Waals surface area contributed by atoms with Gasteiger partial charge in [-0.1, -0.05) is 17.7 Å². The summed E-state index contributed by atoms with van der Waals surface area (Å²) in [6, 6.07) is 11.9. The topological polar surface area (TPSA) is 43.4 Å². The molecule has 1 N–H and O–H groups in total. The van der Waals surface area contributed by atoms with Crippen molar-refractivity contribution in [1.29, 1.82) is 0 Å². The van der Waals surface area contributed by atoms with Crippen molar-refractivity contribution >= 4 is 5.82 Å².